The predicted octanol–water partition coefficient (Wildman–Crippen LogP) is 6.96. The summed E-state index contributed by atoms with van der Waals surface area (Å²) in [7, 11) is 0. The SMILES string of the molecule is C=C(c1ccc(N(C(N)=S)c2ccccc2)cc1)c1cccc(C#N)c1OCCCCCC. The first-order valence-electron chi connectivity index (χ1n) is 11.2. The highest BCUT2D eigenvalue weighted by molar-refractivity contribution is 7.80. The average Bonchev–Trinajstić information content (AvgIpc) is 2.84. The Hall–Kier alpha value is -3.62. The summed E-state index contributed by atoms with van der Waals surface area (Å²) in [6.45, 7) is 7.06. The van der Waals surface area contributed by atoms with Gasteiger partial charge in [0.2, 0.25) is 0 Å². The molecule has 0 aliphatic heterocycles. The fourth-order valence-electron chi connectivity index (χ4n) is 3.67. The Morgan fingerprint density at radius 3 is 2.30 bits per heavy atom. The molecule has 0 atom stereocenters. The molecule has 0 amide bonds. The lowest BCUT2D eigenvalue weighted by atomic mass is 9.96. The molecule has 2 N–H and O–H groups in total. The minimum Gasteiger partial charge on any atom is -0.492 e. The van der Waals surface area contributed by atoms with E-state index in [0.717, 1.165) is 40.9 Å². The smallest absolute Gasteiger partial charge is 0.175 e. The largest absolute Gasteiger partial charge is 0.492 e. The lowest BCUT2D eigenvalue weighted by Gasteiger charge is -2.23. The quantitative estimate of drug-likeness (QED) is 0.264. The third kappa shape index (κ3) is 6.00. The number of benzene rings is 3. The molecular formula is C28H29N3OS. The van der Waals surface area contributed by atoms with Crippen LogP contribution in [0.1, 0.15) is 49.3 Å². The molecule has 0 spiro atoms. The van der Waals surface area contributed by atoms with Gasteiger partial charge in [0.25, 0.3) is 0 Å². The fraction of sp³-hybridized carbons (Fsp3) is 0.214. The van der Waals surface area contributed by atoms with Gasteiger partial charge in [-0.05, 0) is 60.1 Å². The second kappa shape index (κ2) is 11.8. The summed E-state index contributed by atoms with van der Waals surface area (Å²) in [4.78, 5) is 1.82. The van der Waals surface area contributed by atoms with Crippen molar-refractivity contribution in [1.82, 2.24) is 0 Å². The third-order valence-electron chi connectivity index (χ3n) is 5.41. The maximum atomic E-state index is 9.60. The minimum atomic E-state index is 0.272. The van der Waals surface area contributed by atoms with E-state index in [4.69, 9.17) is 22.7 Å². The number of thiocarbonyl (C=S) groups is 1. The normalized spacial score (nSPS) is 10.3. The van der Waals surface area contributed by atoms with E-state index in [-0.39, 0.29) is 5.11 Å². The highest BCUT2D eigenvalue weighted by Crippen LogP contribution is 2.34. The molecule has 0 saturated heterocycles. The topological polar surface area (TPSA) is 62.3 Å². The molecule has 0 radical (unpaired) electrons. The van der Waals surface area contributed by atoms with E-state index in [2.05, 4.69) is 19.6 Å². The Bertz CT molecular complexity index is 1130. The minimum absolute atomic E-state index is 0.272. The van der Waals surface area contributed by atoms with Crippen LogP contribution in [0.4, 0.5) is 11.4 Å². The van der Waals surface area contributed by atoms with Gasteiger partial charge in [-0.1, -0.05) is 75.2 Å². The predicted molar refractivity (Wildman–Crippen MR) is 141 cm³/mol. The zero-order valence-electron chi connectivity index (χ0n) is 19.0. The van der Waals surface area contributed by atoms with Gasteiger partial charge in [0.05, 0.1) is 12.2 Å². The Morgan fingerprint density at radius 2 is 1.67 bits per heavy atom. The number of ether oxygens (including phenoxy) is 1. The number of unbranched alkanes of at least 4 members (excludes halogenated alkanes) is 3. The molecule has 168 valence electrons. The Morgan fingerprint density at radius 1 is 0.970 bits per heavy atom. The molecule has 0 fully saturated rings. The van der Waals surface area contributed by atoms with Crippen molar-refractivity contribution in [3.8, 4) is 11.8 Å². The van der Waals surface area contributed by atoms with Gasteiger partial charge in [0.15, 0.2) is 5.11 Å². The third-order valence-corrected chi connectivity index (χ3v) is 5.60. The first-order valence-corrected chi connectivity index (χ1v) is 11.6. The summed E-state index contributed by atoms with van der Waals surface area (Å²) < 4.78 is 6.07. The van der Waals surface area contributed by atoms with Gasteiger partial charge in [0.1, 0.15) is 11.8 Å². The van der Waals surface area contributed by atoms with Crippen molar-refractivity contribution in [2.75, 3.05) is 11.5 Å². The van der Waals surface area contributed by atoms with Crippen LogP contribution in [0.5, 0.6) is 5.75 Å². The second-order valence-electron chi connectivity index (χ2n) is 7.74. The average molecular weight is 456 g/mol. The van der Waals surface area contributed by atoms with Gasteiger partial charge >= 0.3 is 0 Å². The highest BCUT2D eigenvalue weighted by Gasteiger charge is 2.16. The number of nitrogens with two attached hydrogens (primary N) is 1. The van der Waals surface area contributed by atoms with Crippen LogP contribution in [0.2, 0.25) is 0 Å². The number of para-hydroxylation sites is 2. The van der Waals surface area contributed by atoms with Crippen LogP contribution >= 0.6 is 12.2 Å². The van der Waals surface area contributed by atoms with Crippen molar-refractivity contribution in [1.29, 1.82) is 5.26 Å². The maximum absolute atomic E-state index is 9.60. The van der Waals surface area contributed by atoms with E-state index in [1.54, 1.807) is 6.07 Å². The fourth-order valence-corrected chi connectivity index (χ4v) is 3.88. The van der Waals surface area contributed by atoms with Crippen molar-refractivity contribution >= 4 is 34.3 Å². The van der Waals surface area contributed by atoms with Gasteiger partial charge in [-0.25, -0.2) is 0 Å². The number of hydrogen-bond donors (Lipinski definition) is 1. The summed E-state index contributed by atoms with van der Waals surface area (Å²) >= 11 is 5.29. The van der Waals surface area contributed by atoms with Gasteiger partial charge in [-0.2, -0.15) is 5.26 Å². The molecule has 0 unspecified atom stereocenters. The van der Waals surface area contributed by atoms with E-state index in [1.807, 2.05) is 71.6 Å². The monoisotopic (exact) mass is 455 g/mol. The Labute approximate surface area is 201 Å². The summed E-state index contributed by atoms with van der Waals surface area (Å²) in [5.74, 6) is 0.597. The van der Waals surface area contributed by atoms with Crippen molar-refractivity contribution in [3.05, 3.63) is 96.1 Å². The van der Waals surface area contributed by atoms with Crippen molar-refractivity contribution in [2.45, 2.75) is 32.6 Å². The molecule has 3 rings (SSSR count). The van der Waals surface area contributed by atoms with Gasteiger partial charge < -0.3 is 10.5 Å². The number of nitrogens with zero attached hydrogens (tertiary/aromatic N) is 2. The number of rotatable bonds is 10. The molecule has 33 heavy (non-hydrogen) atoms. The standard InChI is InChI=1S/C28H29N3OS/c1-3-4-5-9-19-32-27-23(20-29)11-10-14-26(27)21(2)22-15-17-25(18-16-22)31(28(30)33)24-12-7-6-8-13-24/h6-8,10-18H,2-5,9,19H2,1H3,(H2,30,33). The molecular weight excluding hydrogens is 426 g/mol. The molecule has 0 heterocycles. The van der Waals surface area contributed by atoms with Crippen molar-refractivity contribution in [2.24, 2.45) is 5.73 Å². The van der Waals surface area contributed by atoms with E-state index in [0.29, 0.717) is 17.9 Å². The molecule has 4 nitrogen and oxygen atoms in total. The van der Waals surface area contributed by atoms with Gasteiger partial charge in [-0.3, -0.25) is 4.90 Å². The molecule has 0 aromatic heterocycles. The van der Waals surface area contributed by atoms with E-state index in [1.165, 1.54) is 12.8 Å². The second-order valence-corrected chi connectivity index (χ2v) is 8.16. The van der Waals surface area contributed by atoms with Crippen LogP contribution in [-0.2, 0) is 0 Å². The molecule has 0 aliphatic carbocycles. The van der Waals surface area contributed by atoms with Crippen LogP contribution in [0.15, 0.2) is 79.4 Å². The molecule has 0 saturated carbocycles. The van der Waals surface area contributed by atoms with E-state index >= 15 is 0 Å². The van der Waals surface area contributed by atoms with Crippen molar-refractivity contribution in [3.63, 3.8) is 0 Å². The molecule has 3 aromatic carbocycles. The van der Waals surface area contributed by atoms with E-state index < -0.39 is 0 Å². The number of anilines is 2. The lowest BCUT2D eigenvalue weighted by Crippen LogP contribution is -2.31. The summed E-state index contributed by atoms with van der Waals surface area (Å²) in [5.41, 5.74) is 10.8. The van der Waals surface area contributed by atoms with Gasteiger partial charge in [0, 0.05) is 16.9 Å². The van der Waals surface area contributed by atoms with Crippen LogP contribution in [0, 0.1) is 11.3 Å². The Balaban J connectivity index is 1.85. The summed E-state index contributed by atoms with van der Waals surface area (Å²) in [6.07, 6.45) is 4.43. The summed E-state index contributed by atoms with van der Waals surface area (Å²) in [5, 5.41) is 9.88. The zero-order valence-corrected chi connectivity index (χ0v) is 19.8. The molecule has 0 bridgehead atoms. The first-order chi connectivity index (χ1) is 16.1. The lowest BCUT2D eigenvalue weighted by molar-refractivity contribution is 0.303. The zero-order chi connectivity index (χ0) is 23.6. The molecule has 5 heteroatoms. The first kappa shape index (κ1) is 24.0. The van der Waals surface area contributed by atoms with Crippen LogP contribution in [-0.4, -0.2) is 11.7 Å². The molecule has 3 aromatic rings. The number of nitriles is 1. The molecule has 0 aliphatic rings. The van der Waals surface area contributed by atoms with Crippen LogP contribution < -0.4 is 15.4 Å². The van der Waals surface area contributed by atoms with Crippen LogP contribution in [0.25, 0.3) is 5.57 Å². The van der Waals surface area contributed by atoms with Crippen molar-refractivity contribution < 1.29 is 4.74 Å². The van der Waals surface area contributed by atoms with Crippen LogP contribution in [0.3, 0.4) is 0 Å². The summed E-state index contributed by atoms with van der Waals surface area (Å²) in [6, 6.07) is 25.5. The maximum Gasteiger partial charge on any atom is 0.175 e. The van der Waals surface area contributed by atoms with Gasteiger partial charge in [-0.15, -0.1) is 0 Å². The Kier molecular flexibility index (Phi) is 8.63. The highest BCUT2D eigenvalue weighted by atomic mass is 32.1. The van der Waals surface area contributed by atoms with E-state index in [9.17, 15) is 5.26 Å². The number of hydrogen-bond acceptors (Lipinski definition) is 3.